The molecule has 0 aliphatic heterocycles. The largest absolute Gasteiger partial charge is 0.491 e. The smallest absolute Gasteiger partial charge is 0.243 e. The van der Waals surface area contributed by atoms with Crippen LogP contribution < -0.4 is 14.4 Å². The lowest BCUT2D eigenvalue weighted by molar-refractivity contribution is -0.122. The van der Waals surface area contributed by atoms with Crippen LogP contribution in [-0.2, 0) is 14.8 Å². The Morgan fingerprint density at radius 3 is 2.32 bits per heavy atom. The van der Waals surface area contributed by atoms with E-state index in [1.54, 1.807) is 6.92 Å². The van der Waals surface area contributed by atoms with Gasteiger partial charge in [0.15, 0.2) is 0 Å². The lowest BCUT2D eigenvalue weighted by atomic mass is 10.2. The van der Waals surface area contributed by atoms with Crippen LogP contribution in [0.5, 0.6) is 5.75 Å². The quantitative estimate of drug-likeness (QED) is 0.729. The number of sulfonamides is 1. The zero-order chi connectivity index (χ0) is 20.9. The molecule has 1 N–H and O–H groups in total. The molecule has 0 heterocycles. The topological polar surface area (TPSA) is 75.7 Å². The number of carbonyl (C=O) groups excluding carboxylic acids is 1. The van der Waals surface area contributed by atoms with Gasteiger partial charge in [0.1, 0.15) is 24.2 Å². The van der Waals surface area contributed by atoms with Crippen LogP contribution in [0.3, 0.4) is 0 Å². The molecule has 8 heteroatoms. The summed E-state index contributed by atoms with van der Waals surface area (Å²) in [5.74, 6) is -0.596. The molecule has 0 radical (unpaired) electrons. The van der Waals surface area contributed by atoms with Crippen LogP contribution in [0, 0.1) is 12.7 Å². The molecule has 0 aromatic heterocycles. The standard InChI is InChI=1S/C20H25FN2O4S/c1-14-9-11-17(12-10-14)27-13-15(2)22-20(24)16(3)23(28(4,25)26)19-8-6-5-7-18(19)21/h5-12,15-16H,13H2,1-4H3,(H,22,24)/t15-,16+/m1/s1. The van der Waals surface area contributed by atoms with Gasteiger partial charge < -0.3 is 10.1 Å². The summed E-state index contributed by atoms with van der Waals surface area (Å²) in [4.78, 5) is 12.6. The lowest BCUT2D eigenvalue weighted by Gasteiger charge is -2.29. The first-order valence-corrected chi connectivity index (χ1v) is 10.7. The van der Waals surface area contributed by atoms with Gasteiger partial charge in [-0.15, -0.1) is 0 Å². The predicted molar refractivity (Wildman–Crippen MR) is 107 cm³/mol. The molecule has 1 amide bonds. The summed E-state index contributed by atoms with van der Waals surface area (Å²) in [5, 5.41) is 2.71. The number of rotatable bonds is 8. The summed E-state index contributed by atoms with van der Waals surface area (Å²) < 4.78 is 45.0. The highest BCUT2D eigenvalue weighted by molar-refractivity contribution is 7.92. The molecule has 0 spiro atoms. The van der Waals surface area contributed by atoms with Crippen molar-refractivity contribution in [2.24, 2.45) is 0 Å². The Kier molecular flexibility index (Phi) is 7.01. The first kappa shape index (κ1) is 21.7. The number of hydrogen-bond acceptors (Lipinski definition) is 4. The van der Waals surface area contributed by atoms with E-state index >= 15 is 0 Å². The van der Waals surface area contributed by atoms with E-state index in [0.717, 1.165) is 22.2 Å². The second kappa shape index (κ2) is 9.05. The van der Waals surface area contributed by atoms with E-state index in [-0.39, 0.29) is 18.3 Å². The monoisotopic (exact) mass is 408 g/mol. The molecule has 0 fully saturated rings. The molecule has 0 saturated carbocycles. The molecule has 152 valence electrons. The first-order valence-electron chi connectivity index (χ1n) is 8.83. The second-order valence-corrected chi connectivity index (χ2v) is 8.58. The molecular formula is C20H25FN2O4S. The average Bonchev–Trinajstić information content (AvgIpc) is 2.62. The Hall–Kier alpha value is -2.61. The van der Waals surface area contributed by atoms with Crippen molar-refractivity contribution in [1.29, 1.82) is 0 Å². The maximum atomic E-state index is 14.1. The van der Waals surface area contributed by atoms with Gasteiger partial charge in [-0.25, -0.2) is 12.8 Å². The Morgan fingerprint density at radius 2 is 1.75 bits per heavy atom. The summed E-state index contributed by atoms with van der Waals surface area (Å²) in [5.41, 5.74) is 0.938. The van der Waals surface area contributed by atoms with E-state index in [0.29, 0.717) is 5.75 Å². The maximum absolute atomic E-state index is 14.1. The molecule has 0 bridgehead atoms. The third-order valence-corrected chi connectivity index (χ3v) is 5.32. The third-order valence-electron chi connectivity index (χ3n) is 4.09. The average molecular weight is 408 g/mol. The van der Waals surface area contributed by atoms with Crippen LogP contribution in [0.1, 0.15) is 19.4 Å². The first-order chi connectivity index (χ1) is 13.1. The molecule has 0 unspecified atom stereocenters. The molecule has 0 saturated heterocycles. The van der Waals surface area contributed by atoms with Gasteiger partial charge >= 0.3 is 0 Å². The number of aryl methyl sites for hydroxylation is 1. The molecular weight excluding hydrogens is 383 g/mol. The van der Waals surface area contributed by atoms with Crippen molar-refractivity contribution in [3.8, 4) is 5.75 Å². The number of nitrogens with zero attached hydrogens (tertiary/aromatic N) is 1. The molecule has 2 aromatic rings. The van der Waals surface area contributed by atoms with E-state index in [1.165, 1.54) is 25.1 Å². The van der Waals surface area contributed by atoms with Crippen LogP contribution in [0.15, 0.2) is 48.5 Å². The molecule has 2 atom stereocenters. The highest BCUT2D eigenvalue weighted by Gasteiger charge is 2.31. The van der Waals surface area contributed by atoms with E-state index in [1.807, 2.05) is 31.2 Å². The number of amides is 1. The molecule has 2 aromatic carbocycles. The van der Waals surface area contributed by atoms with Crippen LogP contribution in [0.25, 0.3) is 0 Å². The van der Waals surface area contributed by atoms with E-state index in [9.17, 15) is 17.6 Å². The Bertz CT molecular complexity index is 916. The van der Waals surface area contributed by atoms with Crippen molar-refractivity contribution in [2.75, 3.05) is 17.2 Å². The highest BCUT2D eigenvalue weighted by atomic mass is 32.2. The van der Waals surface area contributed by atoms with E-state index < -0.39 is 27.8 Å². The fourth-order valence-electron chi connectivity index (χ4n) is 2.67. The van der Waals surface area contributed by atoms with Gasteiger partial charge in [0.25, 0.3) is 0 Å². The number of nitrogens with one attached hydrogen (secondary N) is 1. The lowest BCUT2D eigenvalue weighted by Crippen LogP contribution is -2.51. The number of halogens is 1. The minimum absolute atomic E-state index is 0.170. The predicted octanol–water partition coefficient (Wildman–Crippen LogP) is 2.87. The van der Waals surface area contributed by atoms with Crippen molar-refractivity contribution in [3.63, 3.8) is 0 Å². The van der Waals surface area contributed by atoms with Gasteiger partial charge in [-0.2, -0.15) is 0 Å². The number of carbonyl (C=O) groups is 1. The van der Waals surface area contributed by atoms with Gasteiger partial charge in [0.05, 0.1) is 18.0 Å². The number of hydrogen-bond donors (Lipinski definition) is 1. The van der Waals surface area contributed by atoms with Crippen LogP contribution >= 0.6 is 0 Å². The molecule has 0 aliphatic carbocycles. The van der Waals surface area contributed by atoms with Gasteiger partial charge in [0.2, 0.25) is 15.9 Å². The number of benzene rings is 2. The normalized spacial score (nSPS) is 13.5. The van der Waals surface area contributed by atoms with Crippen molar-refractivity contribution in [1.82, 2.24) is 5.32 Å². The Labute approximate surface area is 165 Å². The fraction of sp³-hybridized carbons (Fsp3) is 0.350. The summed E-state index contributed by atoms with van der Waals surface area (Å²) in [6.07, 6.45) is 0.938. The zero-order valence-corrected chi connectivity index (χ0v) is 17.2. The number of anilines is 1. The molecule has 6 nitrogen and oxygen atoms in total. The van der Waals surface area contributed by atoms with E-state index in [4.69, 9.17) is 4.74 Å². The van der Waals surface area contributed by atoms with Crippen LogP contribution in [0.4, 0.5) is 10.1 Å². The zero-order valence-electron chi connectivity index (χ0n) is 16.3. The minimum atomic E-state index is -3.88. The summed E-state index contributed by atoms with van der Waals surface area (Å²) >= 11 is 0. The Morgan fingerprint density at radius 1 is 1.14 bits per heavy atom. The summed E-state index contributed by atoms with van der Waals surface area (Å²) in [6, 6.07) is 11.4. The molecule has 28 heavy (non-hydrogen) atoms. The van der Waals surface area contributed by atoms with Gasteiger partial charge in [-0.3, -0.25) is 9.10 Å². The maximum Gasteiger partial charge on any atom is 0.243 e. The second-order valence-electron chi connectivity index (χ2n) is 6.72. The van der Waals surface area contributed by atoms with Crippen molar-refractivity contribution in [3.05, 3.63) is 59.9 Å². The van der Waals surface area contributed by atoms with Crippen molar-refractivity contribution >= 4 is 21.6 Å². The Balaban J connectivity index is 2.06. The van der Waals surface area contributed by atoms with Gasteiger partial charge in [0, 0.05) is 0 Å². The van der Waals surface area contributed by atoms with Gasteiger partial charge in [-0.05, 0) is 45.0 Å². The SMILES string of the molecule is Cc1ccc(OC[C@@H](C)NC(=O)[C@H](C)N(c2ccccc2F)S(C)(=O)=O)cc1. The minimum Gasteiger partial charge on any atom is -0.491 e. The summed E-state index contributed by atoms with van der Waals surface area (Å²) in [7, 11) is -3.88. The van der Waals surface area contributed by atoms with Crippen LogP contribution in [0.2, 0.25) is 0 Å². The summed E-state index contributed by atoms with van der Waals surface area (Å²) in [6.45, 7) is 5.33. The molecule has 0 aliphatic rings. The van der Waals surface area contributed by atoms with Crippen LogP contribution in [-0.4, -0.2) is 39.3 Å². The number of para-hydroxylation sites is 1. The number of ether oxygens (including phenoxy) is 1. The van der Waals surface area contributed by atoms with Crippen molar-refractivity contribution < 1.29 is 22.3 Å². The van der Waals surface area contributed by atoms with E-state index in [2.05, 4.69) is 5.32 Å². The fourth-order valence-corrected chi connectivity index (χ4v) is 3.85. The third kappa shape index (κ3) is 5.69. The highest BCUT2D eigenvalue weighted by Crippen LogP contribution is 2.24. The van der Waals surface area contributed by atoms with Gasteiger partial charge in [-0.1, -0.05) is 29.8 Å². The molecule has 2 rings (SSSR count). The van der Waals surface area contributed by atoms with Crippen molar-refractivity contribution in [2.45, 2.75) is 32.9 Å².